The third-order valence-electron chi connectivity index (χ3n) is 4.58. The summed E-state index contributed by atoms with van der Waals surface area (Å²) in [5, 5.41) is 65.0. The van der Waals surface area contributed by atoms with Gasteiger partial charge in [-0.2, -0.15) is 0 Å². The number of para-hydroxylation sites is 1. The van der Waals surface area contributed by atoms with Crippen molar-refractivity contribution in [3.05, 3.63) is 59.7 Å². The van der Waals surface area contributed by atoms with Crippen LogP contribution in [0, 0.1) is 0 Å². The number of aromatic carboxylic acids is 1. The van der Waals surface area contributed by atoms with Crippen LogP contribution in [-0.2, 0) is 11.2 Å². The molecule has 0 bridgehead atoms. The summed E-state index contributed by atoms with van der Waals surface area (Å²) in [4.78, 5) is 22.9. The summed E-state index contributed by atoms with van der Waals surface area (Å²) in [5.41, 5.74) is 6.27. The van der Waals surface area contributed by atoms with E-state index in [-0.39, 0.29) is 30.2 Å². The summed E-state index contributed by atoms with van der Waals surface area (Å²) in [6, 6.07) is 12.9. The highest BCUT2D eigenvalue weighted by atomic mass is 16.4. The Morgan fingerprint density at radius 2 is 1.48 bits per heavy atom. The van der Waals surface area contributed by atoms with Gasteiger partial charge in [-0.15, -0.1) is 0 Å². The minimum atomic E-state index is -1.59. The number of nitrogens with two attached hydrogens (primary N) is 1. The number of amides is 1. The molecule has 0 heterocycles. The lowest BCUT2D eigenvalue weighted by Gasteiger charge is -2.24. The first kappa shape index (κ1) is 28.0. The van der Waals surface area contributed by atoms with Crippen molar-refractivity contribution in [1.29, 1.82) is 0 Å². The van der Waals surface area contributed by atoms with Crippen molar-refractivity contribution in [3.63, 3.8) is 0 Å². The Morgan fingerprint density at radius 3 is 2.03 bits per heavy atom. The number of hydrogen-bond acceptors (Lipinski definition) is 9. The van der Waals surface area contributed by atoms with Crippen LogP contribution in [0.4, 0.5) is 5.69 Å². The molecule has 33 heavy (non-hydrogen) atoms. The van der Waals surface area contributed by atoms with Crippen molar-refractivity contribution < 1.29 is 45.3 Å². The average molecular weight is 466 g/mol. The van der Waals surface area contributed by atoms with Gasteiger partial charge in [-0.25, -0.2) is 4.79 Å². The van der Waals surface area contributed by atoms with Crippen molar-refractivity contribution in [2.24, 2.45) is 5.73 Å². The molecule has 2 aromatic rings. The van der Waals surface area contributed by atoms with Crippen molar-refractivity contribution in [2.45, 2.75) is 37.3 Å². The number of nitrogens with one attached hydrogen (secondary N) is 1. The molecule has 0 spiro atoms. The van der Waals surface area contributed by atoms with Gasteiger partial charge >= 0.3 is 5.97 Å². The number of aryl methyl sites for hydroxylation is 1. The highest BCUT2D eigenvalue weighted by Crippen LogP contribution is 2.16. The molecule has 0 fully saturated rings. The molecular formula is C22H30N2O9. The fourth-order valence-electron chi connectivity index (χ4n) is 2.61. The van der Waals surface area contributed by atoms with Crippen LogP contribution in [0.25, 0.3) is 0 Å². The summed E-state index contributed by atoms with van der Waals surface area (Å²) in [7, 11) is 0. The van der Waals surface area contributed by atoms with Crippen LogP contribution in [0.3, 0.4) is 0 Å². The minimum Gasteiger partial charge on any atom is -0.508 e. The largest absolute Gasteiger partial charge is 0.508 e. The van der Waals surface area contributed by atoms with E-state index in [0.717, 1.165) is 5.56 Å². The highest BCUT2D eigenvalue weighted by molar-refractivity contribution is 6.00. The SMILES string of the molecule is NC[C@H](O)[C@@H](O)[C@H](O)[C@H](O)CO.O=C(CCc1ccc(O)cc1)Nc1ccccc1C(=O)O. The van der Waals surface area contributed by atoms with E-state index in [1.54, 1.807) is 42.5 Å². The van der Waals surface area contributed by atoms with Crippen molar-refractivity contribution in [3.8, 4) is 5.75 Å². The van der Waals surface area contributed by atoms with E-state index in [1.165, 1.54) is 6.07 Å². The molecule has 0 saturated heterocycles. The van der Waals surface area contributed by atoms with E-state index in [0.29, 0.717) is 12.1 Å². The van der Waals surface area contributed by atoms with Gasteiger partial charge in [0, 0.05) is 13.0 Å². The Labute approximate surface area is 190 Å². The summed E-state index contributed by atoms with van der Waals surface area (Å²) in [6.45, 7) is -0.911. The van der Waals surface area contributed by atoms with Crippen molar-refractivity contribution >= 4 is 17.6 Å². The van der Waals surface area contributed by atoms with E-state index >= 15 is 0 Å². The van der Waals surface area contributed by atoms with Crippen LogP contribution in [0.15, 0.2) is 48.5 Å². The fourth-order valence-corrected chi connectivity index (χ4v) is 2.61. The zero-order chi connectivity index (χ0) is 25.0. The molecule has 0 aliphatic carbocycles. The number of phenolic OH excluding ortho intramolecular Hbond substituents is 1. The first-order valence-corrected chi connectivity index (χ1v) is 10.0. The number of hydrogen-bond donors (Lipinski definition) is 9. The average Bonchev–Trinajstić information content (AvgIpc) is 2.82. The Balaban J connectivity index is 0.000000389. The maximum atomic E-state index is 11.9. The molecule has 2 aromatic carbocycles. The molecule has 2 rings (SSSR count). The summed E-state index contributed by atoms with van der Waals surface area (Å²) < 4.78 is 0. The van der Waals surface area contributed by atoms with E-state index in [9.17, 15) is 14.7 Å². The highest BCUT2D eigenvalue weighted by Gasteiger charge is 2.28. The summed E-state index contributed by atoms with van der Waals surface area (Å²) in [6.07, 6.45) is -5.16. The number of aliphatic hydroxyl groups excluding tert-OH is 5. The van der Waals surface area contributed by atoms with Crippen LogP contribution < -0.4 is 11.1 Å². The van der Waals surface area contributed by atoms with Gasteiger partial charge in [0.25, 0.3) is 0 Å². The number of carbonyl (C=O) groups excluding carboxylic acids is 1. The van der Waals surface area contributed by atoms with Gasteiger partial charge in [0.2, 0.25) is 5.91 Å². The lowest BCUT2D eigenvalue weighted by Crippen LogP contribution is -2.48. The third-order valence-corrected chi connectivity index (χ3v) is 4.58. The fraction of sp³-hybridized carbons (Fsp3) is 0.364. The minimum absolute atomic E-state index is 0.0653. The maximum Gasteiger partial charge on any atom is 0.337 e. The molecule has 0 aliphatic heterocycles. The van der Waals surface area contributed by atoms with E-state index in [2.05, 4.69) is 5.32 Å². The molecule has 11 nitrogen and oxygen atoms in total. The van der Waals surface area contributed by atoms with E-state index in [4.69, 9.17) is 36.4 Å². The molecule has 182 valence electrons. The maximum absolute atomic E-state index is 11.9. The molecule has 1 amide bonds. The molecule has 0 aliphatic rings. The molecule has 0 radical (unpaired) electrons. The molecule has 0 unspecified atom stereocenters. The molecule has 0 saturated carbocycles. The van der Waals surface area contributed by atoms with Crippen molar-refractivity contribution in [1.82, 2.24) is 0 Å². The number of rotatable bonds is 10. The Kier molecular flexibility index (Phi) is 12.0. The molecule has 4 atom stereocenters. The Hall–Kier alpha value is -3.06. The number of anilines is 1. The Bertz CT molecular complexity index is 862. The van der Waals surface area contributed by atoms with Gasteiger partial charge in [0.05, 0.1) is 24.0 Å². The first-order valence-electron chi connectivity index (χ1n) is 10.0. The van der Waals surface area contributed by atoms with Crippen LogP contribution in [0.1, 0.15) is 22.3 Å². The van der Waals surface area contributed by atoms with E-state index < -0.39 is 37.0 Å². The number of carboxylic acid groups (broad SMARTS) is 1. The van der Waals surface area contributed by atoms with Gasteiger partial charge in [0.15, 0.2) is 0 Å². The monoisotopic (exact) mass is 466 g/mol. The second kappa shape index (κ2) is 14.2. The van der Waals surface area contributed by atoms with Crippen LogP contribution in [0.5, 0.6) is 5.75 Å². The second-order valence-corrected chi connectivity index (χ2v) is 7.10. The second-order valence-electron chi connectivity index (χ2n) is 7.10. The number of aromatic hydroxyl groups is 1. The predicted molar refractivity (Wildman–Crippen MR) is 119 cm³/mol. The molecule has 10 N–H and O–H groups in total. The number of carbonyl (C=O) groups is 2. The normalized spacial score (nSPS) is 14.2. The van der Waals surface area contributed by atoms with Crippen molar-refractivity contribution in [2.75, 3.05) is 18.5 Å². The van der Waals surface area contributed by atoms with Crippen LogP contribution in [-0.4, -0.2) is 85.2 Å². The van der Waals surface area contributed by atoms with Gasteiger partial charge in [-0.1, -0.05) is 24.3 Å². The molecule has 0 aromatic heterocycles. The first-order chi connectivity index (χ1) is 15.6. The van der Waals surface area contributed by atoms with E-state index in [1.807, 2.05) is 0 Å². The molecule has 11 heteroatoms. The molecular weight excluding hydrogens is 436 g/mol. The quantitative estimate of drug-likeness (QED) is 0.209. The zero-order valence-corrected chi connectivity index (χ0v) is 17.8. The van der Waals surface area contributed by atoms with Crippen LogP contribution in [0.2, 0.25) is 0 Å². The van der Waals surface area contributed by atoms with Gasteiger partial charge in [-0.3, -0.25) is 4.79 Å². The number of carboxylic acids is 1. The number of benzene rings is 2. The smallest absolute Gasteiger partial charge is 0.337 e. The standard InChI is InChI=1S/C16H15NO4.C6H15NO5/c18-12-8-5-11(6-9-12)7-10-15(19)17-14-4-2-1-3-13(14)16(20)21;7-1-3(9)5(11)6(12)4(10)2-8/h1-6,8-9,18H,7,10H2,(H,17,19)(H,20,21);3-6,8-12H,1-2,7H2/t;3-,4+,5+,6+/m.0/s1. The topological polar surface area (TPSA) is 214 Å². The summed E-state index contributed by atoms with van der Waals surface area (Å²) >= 11 is 0. The third kappa shape index (κ3) is 9.53. The van der Waals surface area contributed by atoms with Crippen LogP contribution >= 0.6 is 0 Å². The summed E-state index contributed by atoms with van der Waals surface area (Å²) in [5.74, 6) is -1.15. The lowest BCUT2D eigenvalue weighted by molar-refractivity contribution is -0.116. The van der Waals surface area contributed by atoms with Gasteiger partial charge < -0.3 is 46.8 Å². The van der Waals surface area contributed by atoms with Gasteiger partial charge in [-0.05, 0) is 36.2 Å². The zero-order valence-electron chi connectivity index (χ0n) is 17.8. The van der Waals surface area contributed by atoms with Gasteiger partial charge in [0.1, 0.15) is 24.1 Å². The Morgan fingerprint density at radius 1 is 0.909 bits per heavy atom. The predicted octanol–water partition coefficient (Wildman–Crippen LogP) is -0.957. The lowest BCUT2D eigenvalue weighted by atomic mass is 10.0. The number of aliphatic hydroxyl groups is 5. The number of phenols is 1.